The number of benzene rings is 1. The van der Waals surface area contributed by atoms with E-state index in [1.165, 1.54) is 12.1 Å². The van der Waals surface area contributed by atoms with Crippen molar-refractivity contribution in [3.8, 4) is 5.75 Å². The molecular weight excluding hydrogens is 228 g/mol. The maximum Gasteiger partial charge on any atom is 0.178 e. The summed E-state index contributed by atoms with van der Waals surface area (Å²) in [5.74, 6) is 0.626. The van der Waals surface area contributed by atoms with E-state index in [1.807, 2.05) is 6.92 Å². The van der Waals surface area contributed by atoms with E-state index >= 15 is 0 Å². The van der Waals surface area contributed by atoms with Gasteiger partial charge in [0.2, 0.25) is 0 Å². The maximum absolute atomic E-state index is 11.7. The predicted octanol–water partition coefficient (Wildman–Crippen LogP) is 1.24. The van der Waals surface area contributed by atoms with Gasteiger partial charge in [-0.25, -0.2) is 8.42 Å². The van der Waals surface area contributed by atoms with Gasteiger partial charge in [0.25, 0.3) is 0 Å². The van der Waals surface area contributed by atoms with E-state index in [2.05, 4.69) is 0 Å². The molecule has 0 saturated carbocycles. The summed E-state index contributed by atoms with van der Waals surface area (Å²) in [5.41, 5.74) is 0. The number of hydrogen-bond acceptors (Lipinski definition) is 4. The second-order valence-corrected chi connectivity index (χ2v) is 5.41. The monoisotopic (exact) mass is 244 g/mol. The first-order valence-corrected chi connectivity index (χ1v) is 6.82. The smallest absolute Gasteiger partial charge is 0.178 e. The van der Waals surface area contributed by atoms with Crippen LogP contribution < -0.4 is 4.74 Å². The van der Waals surface area contributed by atoms with Crippen LogP contribution in [0.1, 0.15) is 13.3 Å². The van der Waals surface area contributed by atoms with Gasteiger partial charge < -0.3 is 9.84 Å². The topological polar surface area (TPSA) is 63.6 Å². The Labute approximate surface area is 95.8 Å². The Hall–Kier alpha value is -1.07. The average molecular weight is 244 g/mol. The third-order valence-corrected chi connectivity index (χ3v) is 3.88. The second kappa shape index (κ2) is 5.86. The molecule has 0 aromatic heterocycles. The molecule has 0 aliphatic heterocycles. The highest BCUT2D eigenvalue weighted by Gasteiger charge is 2.13. The summed E-state index contributed by atoms with van der Waals surface area (Å²) in [6, 6.07) is 6.32. The van der Waals surface area contributed by atoms with E-state index in [-0.39, 0.29) is 23.7 Å². The zero-order valence-corrected chi connectivity index (χ0v) is 10.0. The highest BCUT2D eigenvalue weighted by atomic mass is 32.2. The Morgan fingerprint density at radius 2 is 1.88 bits per heavy atom. The number of ether oxygens (including phenoxy) is 1. The molecule has 0 atom stereocenters. The molecule has 0 aliphatic carbocycles. The molecule has 0 spiro atoms. The first-order chi connectivity index (χ1) is 7.60. The molecule has 90 valence electrons. The summed E-state index contributed by atoms with van der Waals surface area (Å²) in [6.45, 7) is 2.30. The van der Waals surface area contributed by atoms with Crippen molar-refractivity contribution in [2.24, 2.45) is 0 Å². The largest absolute Gasteiger partial charge is 0.494 e. The van der Waals surface area contributed by atoms with Gasteiger partial charge in [0, 0.05) is 6.61 Å². The molecule has 0 unspecified atom stereocenters. The van der Waals surface area contributed by atoms with Crippen molar-refractivity contribution in [3.63, 3.8) is 0 Å². The van der Waals surface area contributed by atoms with E-state index in [1.54, 1.807) is 12.1 Å². The van der Waals surface area contributed by atoms with Gasteiger partial charge in [-0.1, -0.05) is 0 Å². The Kier molecular flexibility index (Phi) is 4.76. The number of hydrogen-bond donors (Lipinski definition) is 1. The van der Waals surface area contributed by atoms with Crippen LogP contribution in [0.3, 0.4) is 0 Å². The van der Waals surface area contributed by atoms with Crippen LogP contribution in [-0.4, -0.2) is 32.5 Å². The molecule has 1 N–H and O–H groups in total. The van der Waals surface area contributed by atoms with Crippen LogP contribution in [-0.2, 0) is 9.84 Å². The van der Waals surface area contributed by atoms with E-state index < -0.39 is 9.84 Å². The minimum absolute atomic E-state index is 0.0303. The third kappa shape index (κ3) is 3.50. The molecule has 0 heterocycles. The molecular formula is C11H16O4S. The van der Waals surface area contributed by atoms with Crippen LogP contribution in [0.15, 0.2) is 29.2 Å². The van der Waals surface area contributed by atoms with Crippen molar-refractivity contribution in [2.45, 2.75) is 18.2 Å². The molecule has 1 rings (SSSR count). The molecule has 0 amide bonds. The number of aliphatic hydroxyl groups excluding tert-OH is 1. The molecule has 0 bridgehead atoms. The SMILES string of the molecule is CCOc1ccc(S(=O)(=O)CCCO)cc1. The first-order valence-electron chi connectivity index (χ1n) is 5.16. The number of aliphatic hydroxyl groups is 1. The molecule has 0 radical (unpaired) electrons. The van der Waals surface area contributed by atoms with Crippen LogP contribution in [0.25, 0.3) is 0 Å². The van der Waals surface area contributed by atoms with Crippen molar-refractivity contribution < 1.29 is 18.3 Å². The summed E-state index contributed by atoms with van der Waals surface area (Å²) >= 11 is 0. The Morgan fingerprint density at radius 3 is 2.38 bits per heavy atom. The summed E-state index contributed by atoms with van der Waals surface area (Å²) in [4.78, 5) is 0.268. The molecule has 0 aliphatic rings. The predicted molar refractivity (Wildman–Crippen MR) is 61.4 cm³/mol. The number of rotatable bonds is 6. The Bertz CT molecular complexity index is 408. The molecule has 1 aromatic rings. The lowest BCUT2D eigenvalue weighted by Crippen LogP contribution is -2.08. The molecule has 0 saturated heterocycles. The van der Waals surface area contributed by atoms with Crippen molar-refractivity contribution in [2.75, 3.05) is 19.0 Å². The fourth-order valence-corrected chi connectivity index (χ4v) is 2.58. The molecule has 4 nitrogen and oxygen atoms in total. The van der Waals surface area contributed by atoms with Crippen LogP contribution in [0, 0.1) is 0 Å². The Morgan fingerprint density at radius 1 is 1.25 bits per heavy atom. The lowest BCUT2D eigenvalue weighted by molar-refractivity contribution is 0.295. The van der Waals surface area contributed by atoms with Gasteiger partial charge in [0.05, 0.1) is 17.3 Å². The molecule has 16 heavy (non-hydrogen) atoms. The highest BCUT2D eigenvalue weighted by molar-refractivity contribution is 7.91. The number of sulfone groups is 1. The second-order valence-electron chi connectivity index (χ2n) is 3.30. The molecule has 5 heteroatoms. The zero-order valence-electron chi connectivity index (χ0n) is 9.22. The van der Waals surface area contributed by atoms with Crippen molar-refractivity contribution in [1.29, 1.82) is 0 Å². The third-order valence-electron chi connectivity index (χ3n) is 2.07. The van der Waals surface area contributed by atoms with E-state index in [9.17, 15) is 8.42 Å². The average Bonchev–Trinajstić information content (AvgIpc) is 2.28. The molecule has 0 fully saturated rings. The van der Waals surface area contributed by atoms with Gasteiger partial charge in [-0.05, 0) is 37.6 Å². The summed E-state index contributed by atoms with van der Waals surface area (Å²) < 4.78 is 28.6. The van der Waals surface area contributed by atoms with E-state index in [4.69, 9.17) is 9.84 Å². The lowest BCUT2D eigenvalue weighted by atomic mass is 10.3. The summed E-state index contributed by atoms with van der Waals surface area (Å²) in [5, 5.41) is 8.61. The van der Waals surface area contributed by atoms with Gasteiger partial charge in [-0.3, -0.25) is 0 Å². The quantitative estimate of drug-likeness (QED) is 0.817. The van der Waals surface area contributed by atoms with Gasteiger partial charge in [-0.15, -0.1) is 0 Å². The standard InChI is InChI=1S/C11H16O4S/c1-2-15-10-4-6-11(7-5-10)16(13,14)9-3-8-12/h4-7,12H,2-3,8-9H2,1H3. The normalized spacial score (nSPS) is 11.4. The van der Waals surface area contributed by atoms with Crippen LogP contribution in [0.4, 0.5) is 0 Å². The fraction of sp³-hybridized carbons (Fsp3) is 0.455. The van der Waals surface area contributed by atoms with Gasteiger partial charge >= 0.3 is 0 Å². The Balaban J connectivity index is 2.80. The van der Waals surface area contributed by atoms with Gasteiger partial charge in [-0.2, -0.15) is 0 Å². The summed E-state index contributed by atoms with van der Waals surface area (Å²) in [6.07, 6.45) is 0.259. The first kappa shape index (κ1) is 13.0. The van der Waals surface area contributed by atoms with Crippen molar-refractivity contribution in [1.82, 2.24) is 0 Å². The molecule has 1 aromatic carbocycles. The minimum Gasteiger partial charge on any atom is -0.494 e. The minimum atomic E-state index is -3.27. The van der Waals surface area contributed by atoms with E-state index in [0.717, 1.165) is 0 Å². The van der Waals surface area contributed by atoms with Crippen molar-refractivity contribution in [3.05, 3.63) is 24.3 Å². The summed E-state index contributed by atoms with van der Waals surface area (Å²) in [7, 11) is -3.27. The maximum atomic E-state index is 11.7. The van der Waals surface area contributed by atoms with Crippen molar-refractivity contribution >= 4 is 9.84 Å². The highest BCUT2D eigenvalue weighted by Crippen LogP contribution is 2.17. The van der Waals surface area contributed by atoms with Crippen LogP contribution >= 0.6 is 0 Å². The van der Waals surface area contributed by atoms with Gasteiger partial charge in [0.1, 0.15) is 5.75 Å². The lowest BCUT2D eigenvalue weighted by Gasteiger charge is -2.05. The van der Waals surface area contributed by atoms with E-state index in [0.29, 0.717) is 12.4 Å². The van der Waals surface area contributed by atoms with Crippen LogP contribution in [0.5, 0.6) is 5.75 Å². The van der Waals surface area contributed by atoms with Crippen LogP contribution in [0.2, 0.25) is 0 Å². The fourth-order valence-electron chi connectivity index (χ4n) is 1.28. The zero-order chi connectivity index (χ0) is 12.0. The van der Waals surface area contributed by atoms with Gasteiger partial charge in [0.15, 0.2) is 9.84 Å².